The van der Waals surface area contributed by atoms with Gasteiger partial charge in [0.15, 0.2) is 0 Å². The third-order valence-corrected chi connectivity index (χ3v) is 4.34. The Morgan fingerprint density at radius 3 is 2.57 bits per heavy atom. The Morgan fingerprint density at radius 2 is 1.95 bits per heavy atom. The van der Waals surface area contributed by atoms with Crippen LogP contribution in [0.2, 0.25) is 0 Å². The largest absolute Gasteiger partial charge is 0.394 e. The monoisotopic (exact) mass is 290 g/mol. The molecule has 1 aliphatic rings. The minimum atomic E-state index is -0.255. The number of carbonyl (C=O) groups excluding carboxylic acids is 1. The first-order chi connectivity index (χ1) is 10.1. The molecule has 0 aliphatic heterocycles. The molecule has 0 saturated heterocycles. The normalized spacial score (nSPS) is 17.1. The fourth-order valence-electron chi connectivity index (χ4n) is 3.02. The fourth-order valence-corrected chi connectivity index (χ4v) is 3.02. The zero-order valence-corrected chi connectivity index (χ0v) is 13.0. The van der Waals surface area contributed by atoms with Crippen molar-refractivity contribution in [1.82, 2.24) is 5.32 Å². The van der Waals surface area contributed by atoms with Crippen molar-refractivity contribution in [3.05, 3.63) is 29.8 Å². The average Bonchev–Trinajstić information content (AvgIpc) is 2.95. The summed E-state index contributed by atoms with van der Waals surface area (Å²) < 4.78 is 0. The molecular formula is C17H26N2O2. The molecule has 0 bridgehead atoms. The minimum absolute atomic E-state index is 0.0529. The molecule has 1 aromatic carbocycles. The minimum Gasteiger partial charge on any atom is -0.394 e. The Morgan fingerprint density at radius 1 is 1.29 bits per heavy atom. The smallest absolute Gasteiger partial charge is 0.238 e. The number of hydrogen-bond acceptors (Lipinski definition) is 3. The summed E-state index contributed by atoms with van der Waals surface area (Å²) in [6, 6.07) is 7.90. The van der Waals surface area contributed by atoms with Crippen LogP contribution in [0.15, 0.2) is 24.3 Å². The predicted octanol–water partition coefficient (Wildman–Crippen LogP) is 2.64. The molecule has 116 valence electrons. The van der Waals surface area contributed by atoms with Crippen molar-refractivity contribution in [2.24, 2.45) is 0 Å². The van der Waals surface area contributed by atoms with Gasteiger partial charge in [-0.25, -0.2) is 0 Å². The van der Waals surface area contributed by atoms with Crippen molar-refractivity contribution in [3.8, 4) is 0 Å². The second kappa shape index (κ2) is 7.05. The SMILES string of the molecule is CC(C)c1ccccc1NC(=O)CNC1(CO)CCCC1. The number of carbonyl (C=O) groups is 1. The molecule has 3 N–H and O–H groups in total. The van der Waals surface area contributed by atoms with E-state index in [-0.39, 0.29) is 24.6 Å². The summed E-state index contributed by atoms with van der Waals surface area (Å²) in [5, 5.41) is 15.8. The third-order valence-electron chi connectivity index (χ3n) is 4.34. The lowest BCUT2D eigenvalue weighted by Gasteiger charge is -2.27. The molecule has 2 rings (SSSR count). The van der Waals surface area contributed by atoms with Crippen LogP contribution < -0.4 is 10.6 Å². The van der Waals surface area contributed by atoms with E-state index in [2.05, 4.69) is 24.5 Å². The Labute approximate surface area is 126 Å². The van der Waals surface area contributed by atoms with Gasteiger partial charge in [-0.2, -0.15) is 0 Å². The van der Waals surface area contributed by atoms with E-state index in [1.807, 2.05) is 24.3 Å². The van der Waals surface area contributed by atoms with E-state index in [0.29, 0.717) is 5.92 Å². The molecule has 0 radical (unpaired) electrons. The van der Waals surface area contributed by atoms with Gasteiger partial charge in [-0.05, 0) is 30.4 Å². The van der Waals surface area contributed by atoms with E-state index in [0.717, 1.165) is 36.9 Å². The number of aliphatic hydroxyl groups excluding tert-OH is 1. The number of hydrogen-bond donors (Lipinski definition) is 3. The molecule has 1 aliphatic carbocycles. The standard InChI is InChI=1S/C17H26N2O2/c1-13(2)14-7-3-4-8-15(14)19-16(21)11-18-17(12-20)9-5-6-10-17/h3-4,7-8,13,18,20H,5-6,9-12H2,1-2H3,(H,19,21). The van der Waals surface area contributed by atoms with Crippen molar-refractivity contribution >= 4 is 11.6 Å². The summed E-state index contributed by atoms with van der Waals surface area (Å²) in [6.07, 6.45) is 4.12. The average molecular weight is 290 g/mol. The van der Waals surface area contributed by atoms with E-state index in [1.54, 1.807) is 0 Å². The van der Waals surface area contributed by atoms with Gasteiger partial charge in [-0.3, -0.25) is 4.79 Å². The molecule has 1 fully saturated rings. The van der Waals surface area contributed by atoms with E-state index in [4.69, 9.17) is 0 Å². The summed E-state index contributed by atoms with van der Waals surface area (Å²) >= 11 is 0. The third kappa shape index (κ3) is 4.05. The highest BCUT2D eigenvalue weighted by Crippen LogP contribution is 2.29. The number of benzene rings is 1. The second-order valence-electron chi connectivity index (χ2n) is 6.29. The van der Waals surface area contributed by atoms with Crippen LogP contribution in [0.25, 0.3) is 0 Å². The number of para-hydroxylation sites is 1. The molecular weight excluding hydrogens is 264 g/mol. The Bertz CT molecular complexity index is 479. The van der Waals surface area contributed by atoms with Gasteiger partial charge in [0.2, 0.25) is 5.91 Å². The molecule has 0 aromatic heterocycles. The molecule has 0 heterocycles. The van der Waals surface area contributed by atoms with Crippen molar-refractivity contribution in [1.29, 1.82) is 0 Å². The molecule has 0 unspecified atom stereocenters. The first-order valence-electron chi connectivity index (χ1n) is 7.81. The predicted molar refractivity (Wildman–Crippen MR) is 85.4 cm³/mol. The van der Waals surface area contributed by atoms with Crippen molar-refractivity contribution in [2.75, 3.05) is 18.5 Å². The van der Waals surface area contributed by atoms with Gasteiger partial charge in [0, 0.05) is 11.2 Å². The zero-order valence-electron chi connectivity index (χ0n) is 13.0. The van der Waals surface area contributed by atoms with Gasteiger partial charge in [-0.1, -0.05) is 44.9 Å². The number of amides is 1. The van der Waals surface area contributed by atoms with E-state index in [9.17, 15) is 9.90 Å². The van der Waals surface area contributed by atoms with Crippen molar-refractivity contribution < 1.29 is 9.90 Å². The summed E-state index contributed by atoms with van der Waals surface area (Å²) in [7, 11) is 0. The lowest BCUT2D eigenvalue weighted by Crippen LogP contribution is -2.49. The van der Waals surface area contributed by atoms with Crippen LogP contribution in [0.1, 0.15) is 51.0 Å². The summed E-state index contributed by atoms with van der Waals surface area (Å²) in [5.41, 5.74) is 1.77. The molecule has 21 heavy (non-hydrogen) atoms. The van der Waals surface area contributed by atoms with Gasteiger partial charge in [0.1, 0.15) is 0 Å². The van der Waals surface area contributed by atoms with Crippen molar-refractivity contribution in [3.63, 3.8) is 0 Å². The Hall–Kier alpha value is -1.39. The highest BCUT2D eigenvalue weighted by molar-refractivity contribution is 5.93. The van der Waals surface area contributed by atoms with E-state index >= 15 is 0 Å². The van der Waals surface area contributed by atoms with Crippen molar-refractivity contribution in [2.45, 2.75) is 51.0 Å². The maximum Gasteiger partial charge on any atom is 0.238 e. The summed E-state index contributed by atoms with van der Waals surface area (Å²) in [5.74, 6) is 0.316. The lowest BCUT2D eigenvalue weighted by molar-refractivity contribution is -0.115. The second-order valence-corrected chi connectivity index (χ2v) is 6.29. The zero-order chi connectivity index (χ0) is 15.3. The van der Waals surface area contributed by atoms with Crippen LogP contribution in [0.5, 0.6) is 0 Å². The molecule has 1 saturated carbocycles. The Kier molecular flexibility index (Phi) is 5.37. The molecule has 4 heteroatoms. The molecule has 4 nitrogen and oxygen atoms in total. The van der Waals surface area contributed by atoms with Gasteiger partial charge < -0.3 is 15.7 Å². The van der Waals surface area contributed by atoms with Gasteiger partial charge in [0.05, 0.1) is 13.2 Å². The van der Waals surface area contributed by atoms with Crippen LogP contribution >= 0.6 is 0 Å². The van der Waals surface area contributed by atoms with Crippen LogP contribution in [-0.4, -0.2) is 29.7 Å². The number of nitrogens with one attached hydrogen (secondary N) is 2. The lowest BCUT2D eigenvalue weighted by atomic mass is 9.99. The fraction of sp³-hybridized carbons (Fsp3) is 0.588. The molecule has 0 atom stereocenters. The number of anilines is 1. The number of rotatable bonds is 6. The van der Waals surface area contributed by atoms with Gasteiger partial charge in [-0.15, -0.1) is 0 Å². The van der Waals surface area contributed by atoms with E-state index in [1.165, 1.54) is 0 Å². The quantitative estimate of drug-likeness (QED) is 0.755. The first kappa shape index (κ1) is 16.0. The van der Waals surface area contributed by atoms with Gasteiger partial charge >= 0.3 is 0 Å². The van der Waals surface area contributed by atoms with Crippen LogP contribution in [-0.2, 0) is 4.79 Å². The maximum absolute atomic E-state index is 12.1. The topological polar surface area (TPSA) is 61.4 Å². The van der Waals surface area contributed by atoms with Crippen LogP contribution in [0.3, 0.4) is 0 Å². The highest BCUT2D eigenvalue weighted by atomic mass is 16.3. The van der Waals surface area contributed by atoms with E-state index < -0.39 is 0 Å². The Balaban J connectivity index is 1.93. The maximum atomic E-state index is 12.1. The highest BCUT2D eigenvalue weighted by Gasteiger charge is 2.32. The van der Waals surface area contributed by atoms with Crippen LogP contribution in [0, 0.1) is 0 Å². The molecule has 0 spiro atoms. The van der Waals surface area contributed by atoms with Crippen LogP contribution in [0.4, 0.5) is 5.69 Å². The molecule has 1 aromatic rings. The first-order valence-corrected chi connectivity index (χ1v) is 7.81. The summed E-state index contributed by atoms with van der Waals surface area (Å²) in [4.78, 5) is 12.1. The number of aliphatic hydroxyl groups is 1. The molecule has 1 amide bonds. The van der Waals surface area contributed by atoms with Gasteiger partial charge in [0.25, 0.3) is 0 Å². The summed E-state index contributed by atoms with van der Waals surface area (Å²) in [6.45, 7) is 4.57.